The van der Waals surface area contributed by atoms with E-state index in [-0.39, 0.29) is 16.7 Å². The third-order valence-electron chi connectivity index (χ3n) is 4.43. The highest BCUT2D eigenvalue weighted by Crippen LogP contribution is 2.15. The van der Waals surface area contributed by atoms with Crippen molar-refractivity contribution in [1.29, 1.82) is 0 Å². The molecule has 162 valence electrons. The molecule has 0 saturated carbocycles. The molecule has 0 spiro atoms. The Hall–Kier alpha value is -2.19. The average Bonchev–Trinajstić information content (AvgIpc) is 2.65. The maximum Gasteiger partial charge on any atom is 0.246 e. The zero-order chi connectivity index (χ0) is 21.7. The van der Waals surface area contributed by atoms with Gasteiger partial charge in [0.15, 0.2) is 0 Å². The maximum absolute atomic E-state index is 11.9. The maximum atomic E-state index is 11.9. The Morgan fingerprint density at radius 1 is 0.931 bits per heavy atom. The van der Waals surface area contributed by atoms with Crippen molar-refractivity contribution in [3.63, 3.8) is 0 Å². The second kappa shape index (κ2) is 13.1. The van der Waals surface area contributed by atoms with Crippen molar-refractivity contribution in [1.82, 2.24) is 5.32 Å². The first-order valence-corrected chi connectivity index (χ1v) is 11.4. The molecule has 2 N–H and O–H groups in total. The van der Waals surface area contributed by atoms with Gasteiger partial charge in [-0.3, -0.25) is 9.59 Å². The summed E-state index contributed by atoms with van der Waals surface area (Å²) in [4.78, 5) is 22.9. The summed E-state index contributed by atoms with van der Waals surface area (Å²) in [6, 6.07) is 5.19. The Morgan fingerprint density at radius 3 is 1.97 bits per heavy atom. The fourth-order valence-electron chi connectivity index (χ4n) is 2.75. The average molecular weight is 424 g/mol. The lowest BCUT2D eigenvalue weighted by Gasteiger charge is -2.09. The van der Waals surface area contributed by atoms with Crippen molar-refractivity contribution < 1.29 is 22.6 Å². The minimum atomic E-state index is -4.47. The van der Waals surface area contributed by atoms with Crippen LogP contribution in [-0.4, -0.2) is 31.3 Å². The van der Waals surface area contributed by atoms with Gasteiger partial charge in [0.1, 0.15) is 10.1 Å². The number of rotatable bonds is 14. The zero-order valence-corrected chi connectivity index (χ0v) is 17.9. The molecule has 7 nitrogen and oxygen atoms in total. The van der Waals surface area contributed by atoms with Crippen LogP contribution in [0.25, 0.3) is 0 Å². The molecule has 0 aliphatic carbocycles. The van der Waals surface area contributed by atoms with E-state index in [4.69, 9.17) is 0 Å². The Bertz CT molecular complexity index is 773. The monoisotopic (exact) mass is 423 g/mol. The number of anilines is 1. The van der Waals surface area contributed by atoms with Crippen molar-refractivity contribution in [2.45, 2.75) is 69.6 Å². The summed E-state index contributed by atoms with van der Waals surface area (Å²) in [5.74, 6) is -0.207. The quantitative estimate of drug-likeness (QED) is 0.269. The van der Waals surface area contributed by atoms with E-state index in [9.17, 15) is 22.6 Å². The minimum Gasteiger partial charge on any atom is -0.744 e. The third-order valence-corrected chi connectivity index (χ3v) is 5.28. The topological polar surface area (TPSA) is 115 Å². The standard InChI is InChI=1S/C21H32N2O5S/c1-17(2)21(25)22-16-10-8-6-4-3-5-7-9-11-20(24)23-18-12-14-19(15-13-18)29(26,27)28/h12-15H,1,3-11,16H2,2H3,(H,22,25)(H,23,24)(H,26,27,28)/p-1. The fraction of sp³-hybridized carbons (Fsp3) is 0.524. The summed E-state index contributed by atoms with van der Waals surface area (Å²) in [6.07, 6.45) is 8.74. The second-order valence-electron chi connectivity index (χ2n) is 7.14. The third kappa shape index (κ3) is 11.4. The zero-order valence-electron chi connectivity index (χ0n) is 17.0. The Labute approximate surface area is 173 Å². The van der Waals surface area contributed by atoms with Gasteiger partial charge >= 0.3 is 0 Å². The number of carbonyl (C=O) groups is 2. The Balaban J connectivity index is 2.01. The van der Waals surface area contributed by atoms with E-state index in [0.717, 1.165) is 51.4 Å². The molecule has 0 heterocycles. The van der Waals surface area contributed by atoms with Crippen LogP contribution < -0.4 is 10.6 Å². The largest absolute Gasteiger partial charge is 0.744 e. The van der Waals surface area contributed by atoms with Gasteiger partial charge in [0.05, 0.1) is 4.90 Å². The van der Waals surface area contributed by atoms with E-state index >= 15 is 0 Å². The van der Waals surface area contributed by atoms with Crippen LogP contribution in [0, 0.1) is 0 Å². The number of unbranched alkanes of at least 4 members (excludes halogenated alkanes) is 7. The molecule has 0 aliphatic heterocycles. The van der Waals surface area contributed by atoms with Crippen LogP contribution in [0.3, 0.4) is 0 Å². The molecular formula is C21H31N2O5S-. The first kappa shape index (κ1) is 24.8. The Morgan fingerprint density at radius 2 is 1.45 bits per heavy atom. The van der Waals surface area contributed by atoms with Crippen LogP contribution in [0.4, 0.5) is 5.69 Å². The molecular weight excluding hydrogens is 392 g/mol. The van der Waals surface area contributed by atoms with Crippen LogP contribution >= 0.6 is 0 Å². The Kier molecular flexibility index (Phi) is 11.2. The van der Waals surface area contributed by atoms with Gasteiger partial charge in [-0.2, -0.15) is 0 Å². The number of hydrogen-bond donors (Lipinski definition) is 2. The van der Waals surface area contributed by atoms with Gasteiger partial charge < -0.3 is 15.2 Å². The molecule has 0 bridgehead atoms. The normalized spacial score (nSPS) is 11.1. The molecule has 0 aliphatic rings. The van der Waals surface area contributed by atoms with Crippen molar-refractivity contribution in [3.8, 4) is 0 Å². The molecule has 0 radical (unpaired) electrons. The lowest BCUT2D eigenvalue weighted by molar-refractivity contribution is -0.117. The molecule has 29 heavy (non-hydrogen) atoms. The van der Waals surface area contributed by atoms with E-state index in [1.165, 1.54) is 24.3 Å². The van der Waals surface area contributed by atoms with Gasteiger partial charge in [0, 0.05) is 24.2 Å². The molecule has 0 aromatic heterocycles. The van der Waals surface area contributed by atoms with Gasteiger partial charge in [0.25, 0.3) is 0 Å². The van der Waals surface area contributed by atoms with E-state index in [1.54, 1.807) is 6.92 Å². The van der Waals surface area contributed by atoms with Crippen molar-refractivity contribution >= 4 is 27.6 Å². The smallest absolute Gasteiger partial charge is 0.246 e. The number of carbonyl (C=O) groups excluding carboxylic acids is 2. The van der Waals surface area contributed by atoms with Crippen LogP contribution in [0.5, 0.6) is 0 Å². The molecule has 1 aromatic carbocycles. The number of benzene rings is 1. The molecule has 0 fully saturated rings. The highest BCUT2D eigenvalue weighted by Gasteiger charge is 2.05. The lowest BCUT2D eigenvalue weighted by atomic mass is 10.1. The summed E-state index contributed by atoms with van der Waals surface area (Å²) >= 11 is 0. The van der Waals surface area contributed by atoms with Crippen molar-refractivity contribution in [2.75, 3.05) is 11.9 Å². The molecule has 2 amide bonds. The first-order valence-electron chi connectivity index (χ1n) is 9.99. The van der Waals surface area contributed by atoms with Gasteiger partial charge in [-0.05, 0) is 44.0 Å². The molecule has 8 heteroatoms. The van der Waals surface area contributed by atoms with Crippen molar-refractivity contribution in [3.05, 3.63) is 36.4 Å². The first-order chi connectivity index (χ1) is 13.7. The SMILES string of the molecule is C=C(C)C(=O)NCCCCCCCCCCC(=O)Nc1ccc(S(=O)(=O)[O-])cc1. The molecule has 1 rings (SSSR count). The summed E-state index contributed by atoms with van der Waals surface area (Å²) in [7, 11) is -4.47. The van der Waals surface area contributed by atoms with Gasteiger partial charge in [-0.15, -0.1) is 0 Å². The highest BCUT2D eigenvalue weighted by atomic mass is 32.2. The minimum absolute atomic E-state index is 0.0820. The summed E-state index contributed by atoms with van der Waals surface area (Å²) < 4.78 is 32.6. The van der Waals surface area contributed by atoms with Crippen LogP contribution in [0.2, 0.25) is 0 Å². The predicted molar refractivity (Wildman–Crippen MR) is 112 cm³/mol. The summed E-state index contributed by atoms with van der Waals surface area (Å²) in [5, 5.41) is 5.52. The molecule has 0 unspecified atom stereocenters. The fourth-order valence-corrected chi connectivity index (χ4v) is 3.22. The molecule has 1 aromatic rings. The second-order valence-corrected chi connectivity index (χ2v) is 8.52. The van der Waals surface area contributed by atoms with Gasteiger partial charge in [0.2, 0.25) is 11.8 Å². The summed E-state index contributed by atoms with van der Waals surface area (Å²) in [6.45, 7) is 5.98. The number of amides is 2. The van der Waals surface area contributed by atoms with E-state index in [2.05, 4.69) is 17.2 Å². The number of hydrogen-bond acceptors (Lipinski definition) is 5. The van der Waals surface area contributed by atoms with E-state index in [1.807, 2.05) is 0 Å². The van der Waals surface area contributed by atoms with Crippen LogP contribution in [0.1, 0.15) is 64.7 Å². The van der Waals surface area contributed by atoms with Crippen molar-refractivity contribution in [2.24, 2.45) is 0 Å². The van der Waals surface area contributed by atoms with Crippen LogP contribution in [-0.2, 0) is 19.7 Å². The number of nitrogens with one attached hydrogen (secondary N) is 2. The molecule has 0 atom stereocenters. The van der Waals surface area contributed by atoms with Gasteiger partial charge in [-0.1, -0.05) is 45.1 Å². The lowest BCUT2D eigenvalue weighted by Crippen LogP contribution is -2.24. The predicted octanol–water partition coefficient (Wildman–Crippen LogP) is 3.73. The van der Waals surface area contributed by atoms with E-state index in [0.29, 0.717) is 24.2 Å². The van der Waals surface area contributed by atoms with Crippen LogP contribution in [0.15, 0.2) is 41.3 Å². The van der Waals surface area contributed by atoms with E-state index < -0.39 is 10.1 Å². The van der Waals surface area contributed by atoms with Gasteiger partial charge in [-0.25, -0.2) is 8.42 Å². The molecule has 0 saturated heterocycles. The summed E-state index contributed by atoms with van der Waals surface area (Å²) in [5.41, 5.74) is 1.01. The highest BCUT2D eigenvalue weighted by molar-refractivity contribution is 7.85.